The molecule has 1 aromatic heterocycles. The van der Waals surface area contributed by atoms with Gasteiger partial charge in [0.05, 0.1) is 18.3 Å². The van der Waals surface area contributed by atoms with Gasteiger partial charge in [-0.25, -0.2) is 4.68 Å². The van der Waals surface area contributed by atoms with Crippen LogP contribution < -0.4 is 5.32 Å². The number of rotatable bonds is 5. The average molecular weight is 293 g/mol. The van der Waals surface area contributed by atoms with E-state index in [2.05, 4.69) is 41.1 Å². The van der Waals surface area contributed by atoms with Crippen LogP contribution in [-0.2, 0) is 4.79 Å². The van der Waals surface area contributed by atoms with E-state index in [0.29, 0.717) is 0 Å². The molecule has 2 rings (SSSR count). The topological polar surface area (TPSA) is 53.4 Å². The highest BCUT2D eigenvalue weighted by atomic mass is 16.2. The number of nitrogens with zero attached hydrogens (tertiary/aromatic N) is 4. The summed E-state index contributed by atoms with van der Waals surface area (Å²) in [7, 11) is 2.12. The van der Waals surface area contributed by atoms with Gasteiger partial charge in [0.1, 0.15) is 5.82 Å². The number of nitrogens with one attached hydrogen (secondary N) is 1. The Morgan fingerprint density at radius 3 is 2.62 bits per heavy atom. The van der Waals surface area contributed by atoms with Crippen molar-refractivity contribution in [3.05, 3.63) is 12.3 Å². The van der Waals surface area contributed by atoms with Crippen LogP contribution in [-0.4, -0.2) is 64.8 Å². The fourth-order valence-electron chi connectivity index (χ4n) is 2.54. The third kappa shape index (κ3) is 3.83. The fourth-order valence-corrected chi connectivity index (χ4v) is 2.54. The molecular weight excluding hydrogens is 266 g/mol. The molecule has 1 amide bonds. The summed E-state index contributed by atoms with van der Waals surface area (Å²) < 4.78 is 1.88. The lowest BCUT2D eigenvalue weighted by molar-refractivity contribution is -0.121. The van der Waals surface area contributed by atoms with Gasteiger partial charge in [-0.05, 0) is 27.3 Å². The highest BCUT2D eigenvalue weighted by molar-refractivity contribution is 5.93. The maximum atomic E-state index is 12.4. The predicted octanol–water partition coefficient (Wildman–Crippen LogP) is 1.43. The van der Waals surface area contributed by atoms with E-state index in [-0.39, 0.29) is 18.0 Å². The zero-order valence-corrected chi connectivity index (χ0v) is 13.5. The lowest BCUT2D eigenvalue weighted by Crippen LogP contribution is -2.51. The van der Waals surface area contributed by atoms with E-state index in [9.17, 15) is 4.79 Å². The summed E-state index contributed by atoms with van der Waals surface area (Å²) in [6.07, 6.45) is 2.72. The van der Waals surface area contributed by atoms with E-state index in [0.717, 1.165) is 38.4 Å². The molecule has 0 aliphatic carbocycles. The second-order valence-electron chi connectivity index (χ2n) is 5.92. The second kappa shape index (κ2) is 7.04. The van der Waals surface area contributed by atoms with Crippen molar-refractivity contribution in [2.45, 2.75) is 39.3 Å². The van der Waals surface area contributed by atoms with Gasteiger partial charge < -0.3 is 10.2 Å². The zero-order valence-electron chi connectivity index (χ0n) is 13.5. The first-order valence-electron chi connectivity index (χ1n) is 7.80. The lowest BCUT2D eigenvalue weighted by Gasteiger charge is -2.35. The maximum absolute atomic E-state index is 12.4. The highest BCUT2D eigenvalue weighted by Crippen LogP contribution is 2.17. The van der Waals surface area contributed by atoms with E-state index >= 15 is 0 Å². The molecule has 0 saturated carbocycles. The molecule has 2 atom stereocenters. The molecule has 1 fully saturated rings. The van der Waals surface area contributed by atoms with Crippen LogP contribution in [0.5, 0.6) is 0 Å². The summed E-state index contributed by atoms with van der Waals surface area (Å²) in [4.78, 5) is 17.0. The third-order valence-corrected chi connectivity index (χ3v) is 4.39. The number of carbonyl (C=O) groups excluding carboxylic acids is 1. The number of anilines is 1. The van der Waals surface area contributed by atoms with Crippen molar-refractivity contribution in [1.29, 1.82) is 0 Å². The number of likely N-dealkylation sites (N-methyl/N-ethyl adjacent to an activating group) is 1. The van der Waals surface area contributed by atoms with Crippen LogP contribution in [0.2, 0.25) is 0 Å². The molecule has 0 bridgehead atoms. The lowest BCUT2D eigenvalue weighted by atomic mass is 10.2. The Kier molecular flexibility index (Phi) is 5.36. The predicted molar refractivity (Wildman–Crippen MR) is 84.4 cm³/mol. The summed E-state index contributed by atoms with van der Waals surface area (Å²) in [5.74, 6) is 0.833. The quantitative estimate of drug-likeness (QED) is 0.892. The minimum Gasteiger partial charge on any atom is -0.310 e. The summed E-state index contributed by atoms with van der Waals surface area (Å²) in [5, 5.41) is 7.32. The maximum Gasteiger partial charge on any atom is 0.242 e. The smallest absolute Gasteiger partial charge is 0.242 e. The third-order valence-electron chi connectivity index (χ3n) is 4.39. The molecule has 1 saturated heterocycles. The van der Waals surface area contributed by atoms with Crippen LogP contribution in [0, 0.1) is 0 Å². The zero-order chi connectivity index (χ0) is 15.4. The van der Waals surface area contributed by atoms with E-state index < -0.39 is 0 Å². The van der Waals surface area contributed by atoms with E-state index in [1.54, 1.807) is 6.20 Å². The molecule has 1 aromatic rings. The number of hydrogen-bond donors (Lipinski definition) is 1. The number of aromatic nitrogens is 2. The Labute approximate surface area is 127 Å². The van der Waals surface area contributed by atoms with Crippen LogP contribution in [0.3, 0.4) is 0 Å². The number of hydrogen-bond acceptors (Lipinski definition) is 4. The van der Waals surface area contributed by atoms with Crippen molar-refractivity contribution in [2.24, 2.45) is 0 Å². The molecule has 0 aromatic carbocycles. The number of amides is 1. The van der Waals surface area contributed by atoms with Crippen molar-refractivity contribution < 1.29 is 4.79 Å². The molecule has 118 valence electrons. The van der Waals surface area contributed by atoms with Crippen molar-refractivity contribution in [1.82, 2.24) is 19.6 Å². The van der Waals surface area contributed by atoms with Gasteiger partial charge in [0.25, 0.3) is 0 Å². The molecular formula is C15H27N5O. The summed E-state index contributed by atoms with van der Waals surface area (Å²) in [5.41, 5.74) is 0. The molecule has 1 aliphatic heterocycles. The molecule has 2 heterocycles. The molecule has 1 aliphatic rings. The van der Waals surface area contributed by atoms with Gasteiger partial charge in [-0.2, -0.15) is 5.10 Å². The van der Waals surface area contributed by atoms with E-state index in [1.807, 2.05) is 17.7 Å². The standard InChI is InChI=1S/C15H27N5O/c1-5-12(2)20-14(6-7-16-20)17-15(21)13(3)19-10-8-18(4)9-11-19/h6-7,12-13H,5,8-11H2,1-4H3,(H,17,21)/t12-,13+/m0/s1. The molecule has 21 heavy (non-hydrogen) atoms. The van der Waals surface area contributed by atoms with Gasteiger partial charge in [0.15, 0.2) is 0 Å². The van der Waals surface area contributed by atoms with Crippen LogP contribution in [0.1, 0.15) is 33.2 Å². The minimum atomic E-state index is -0.112. The molecule has 0 spiro atoms. The monoisotopic (exact) mass is 293 g/mol. The van der Waals surface area contributed by atoms with E-state index in [1.165, 1.54) is 0 Å². The Hall–Kier alpha value is -1.40. The van der Waals surface area contributed by atoms with Crippen molar-refractivity contribution in [2.75, 3.05) is 38.5 Å². The van der Waals surface area contributed by atoms with Crippen LogP contribution in [0.25, 0.3) is 0 Å². The summed E-state index contributed by atoms with van der Waals surface area (Å²) in [6, 6.07) is 2.04. The Morgan fingerprint density at radius 1 is 1.33 bits per heavy atom. The van der Waals surface area contributed by atoms with Gasteiger partial charge in [-0.1, -0.05) is 6.92 Å². The number of carbonyl (C=O) groups is 1. The first-order valence-corrected chi connectivity index (χ1v) is 7.80. The van der Waals surface area contributed by atoms with Gasteiger partial charge in [-0.15, -0.1) is 0 Å². The Balaban J connectivity index is 1.96. The van der Waals surface area contributed by atoms with E-state index in [4.69, 9.17) is 0 Å². The van der Waals surface area contributed by atoms with Gasteiger partial charge in [-0.3, -0.25) is 9.69 Å². The van der Waals surface area contributed by atoms with Crippen LogP contribution in [0.4, 0.5) is 5.82 Å². The normalized spacial score (nSPS) is 20.2. The summed E-state index contributed by atoms with van der Waals surface area (Å²) >= 11 is 0. The Bertz CT molecular complexity index is 464. The SMILES string of the molecule is CC[C@H](C)n1nccc1NC(=O)[C@@H](C)N1CCN(C)CC1. The van der Waals surface area contributed by atoms with Crippen molar-refractivity contribution in [3.8, 4) is 0 Å². The van der Waals surface area contributed by atoms with Gasteiger partial charge in [0, 0.05) is 32.2 Å². The summed E-state index contributed by atoms with van der Waals surface area (Å²) in [6.45, 7) is 10.1. The fraction of sp³-hybridized carbons (Fsp3) is 0.733. The van der Waals surface area contributed by atoms with Gasteiger partial charge >= 0.3 is 0 Å². The molecule has 6 heteroatoms. The Morgan fingerprint density at radius 2 is 2.00 bits per heavy atom. The number of piperazine rings is 1. The second-order valence-corrected chi connectivity index (χ2v) is 5.92. The molecule has 1 N–H and O–H groups in total. The van der Waals surface area contributed by atoms with Crippen molar-refractivity contribution in [3.63, 3.8) is 0 Å². The molecule has 0 radical (unpaired) electrons. The molecule has 6 nitrogen and oxygen atoms in total. The minimum absolute atomic E-state index is 0.0459. The average Bonchev–Trinajstić information content (AvgIpc) is 2.94. The largest absolute Gasteiger partial charge is 0.310 e. The molecule has 0 unspecified atom stereocenters. The first-order chi connectivity index (χ1) is 10.0. The van der Waals surface area contributed by atoms with Gasteiger partial charge in [0.2, 0.25) is 5.91 Å². The van der Waals surface area contributed by atoms with Crippen LogP contribution >= 0.6 is 0 Å². The van der Waals surface area contributed by atoms with Crippen molar-refractivity contribution >= 4 is 11.7 Å². The highest BCUT2D eigenvalue weighted by Gasteiger charge is 2.25. The van der Waals surface area contributed by atoms with Crippen LogP contribution in [0.15, 0.2) is 12.3 Å². The first kappa shape index (κ1) is 16.0.